The fraction of sp³-hybridized carbons (Fsp3) is 0.130. The average Bonchev–Trinajstić information content (AvgIpc) is 2.77. The molecule has 0 fully saturated rings. The van der Waals surface area contributed by atoms with Crippen LogP contribution in [0.5, 0.6) is 0 Å². The van der Waals surface area contributed by atoms with Gasteiger partial charge < -0.3 is 4.74 Å². The number of sulfonamides is 1. The lowest BCUT2D eigenvalue weighted by molar-refractivity contribution is 0.0474. The second-order valence-electron chi connectivity index (χ2n) is 6.70. The Morgan fingerprint density at radius 2 is 1.53 bits per heavy atom. The third-order valence-electron chi connectivity index (χ3n) is 4.56. The van der Waals surface area contributed by atoms with Crippen molar-refractivity contribution >= 4 is 27.5 Å². The van der Waals surface area contributed by atoms with Crippen LogP contribution < -0.4 is 4.31 Å². The highest BCUT2D eigenvalue weighted by Crippen LogP contribution is 2.22. The largest absolute Gasteiger partial charge is 0.454 e. The van der Waals surface area contributed by atoms with Crippen molar-refractivity contribution in [1.29, 1.82) is 0 Å². The summed E-state index contributed by atoms with van der Waals surface area (Å²) >= 11 is 0. The molecule has 3 aromatic carbocycles. The van der Waals surface area contributed by atoms with E-state index in [0.717, 1.165) is 9.87 Å². The summed E-state index contributed by atoms with van der Waals surface area (Å²) in [5, 5.41) is 0. The van der Waals surface area contributed by atoms with E-state index in [0.29, 0.717) is 11.3 Å². The Kier molecular flexibility index (Phi) is 6.32. The van der Waals surface area contributed by atoms with Crippen LogP contribution in [0.25, 0.3) is 0 Å². The Balaban J connectivity index is 1.73. The van der Waals surface area contributed by atoms with Gasteiger partial charge >= 0.3 is 5.97 Å². The molecule has 0 bridgehead atoms. The number of esters is 1. The van der Waals surface area contributed by atoms with Crippen LogP contribution in [0.15, 0.2) is 83.8 Å². The molecular weight excluding hydrogens is 402 g/mol. The summed E-state index contributed by atoms with van der Waals surface area (Å²) in [6, 6.07) is 21.1. The second kappa shape index (κ2) is 8.92. The maximum Gasteiger partial charge on any atom is 0.338 e. The van der Waals surface area contributed by atoms with Crippen molar-refractivity contribution in [3.8, 4) is 0 Å². The highest BCUT2D eigenvalue weighted by atomic mass is 32.2. The van der Waals surface area contributed by atoms with Crippen molar-refractivity contribution in [3.63, 3.8) is 0 Å². The number of aryl methyl sites for hydroxylation is 1. The molecule has 0 aliphatic heterocycles. The fourth-order valence-electron chi connectivity index (χ4n) is 2.76. The Labute approximate surface area is 175 Å². The fourth-order valence-corrected chi connectivity index (χ4v) is 4.00. The van der Waals surface area contributed by atoms with Crippen molar-refractivity contribution < 1.29 is 22.7 Å². The minimum Gasteiger partial charge on any atom is -0.454 e. The number of ketones is 1. The summed E-state index contributed by atoms with van der Waals surface area (Å²) < 4.78 is 32.0. The average molecular weight is 423 g/mol. The number of benzene rings is 3. The van der Waals surface area contributed by atoms with E-state index in [9.17, 15) is 18.0 Å². The number of hydrogen-bond donors (Lipinski definition) is 0. The molecule has 0 heterocycles. The van der Waals surface area contributed by atoms with Crippen LogP contribution in [-0.4, -0.2) is 33.8 Å². The molecule has 0 saturated heterocycles. The summed E-state index contributed by atoms with van der Waals surface area (Å²) in [5.41, 5.74) is 2.00. The van der Waals surface area contributed by atoms with Crippen molar-refractivity contribution in [2.75, 3.05) is 18.0 Å². The number of carbonyl (C=O) groups excluding carboxylic acids is 2. The first-order chi connectivity index (χ1) is 14.3. The number of hydrogen-bond acceptors (Lipinski definition) is 5. The van der Waals surface area contributed by atoms with Crippen molar-refractivity contribution in [1.82, 2.24) is 0 Å². The summed E-state index contributed by atoms with van der Waals surface area (Å²) in [6.45, 7) is 1.48. The Bertz CT molecular complexity index is 1160. The van der Waals surface area contributed by atoms with E-state index in [1.165, 1.54) is 31.3 Å². The molecule has 7 heteroatoms. The molecule has 0 saturated carbocycles. The summed E-state index contributed by atoms with van der Waals surface area (Å²) in [5.74, 6) is -1.11. The van der Waals surface area contributed by atoms with Crippen LogP contribution in [-0.2, 0) is 14.8 Å². The predicted molar refractivity (Wildman–Crippen MR) is 114 cm³/mol. The van der Waals surface area contributed by atoms with Crippen LogP contribution in [0.1, 0.15) is 26.3 Å². The van der Waals surface area contributed by atoms with E-state index in [-0.39, 0.29) is 16.2 Å². The van der Waals surface area contributed by atoms with Gasteiger partial charge in [-0.3, -0.25) is 9.10 Å². The molecule has 0 atom stereocenters. The zero-order valence-electron chi connectivity index (χ0n) is 16.6. The molecule has 3 rings (SSSR count). The Hall–Kier alpha value is -3.45. The Morgan fingerprint density at radius 1 is 0.867 bits per heavy atom. The number of carbonyl (C=O) groups is 2. The monoisotopic (exact) mass is 423 g/mol. The van der Waals surface area contributed by atoms with Crippen LogP contribution >= 0.6 is 0 Å². The molecule has 0 aliphatic rings. The highest BCUT2D eigenvalue weighted by molar-refractivity contribution is 7.92. The summed E-state index contributed by atoms with van der Waals surface area (Å²) in [4.78, 5) is 24.5. The first-order valence-electron chi connectivity index (χ1n) is 9.20. The first kappa shape index (κ1) is 21.3. The standard InChI is InChI=1S/C23H21NO5S/c1-17-11-13-18(14-12-17)22(25)16-29-23(26)19-7-6-10-21(15-19)30(27,28)24(2)20-8-4-3-5-9-20/h3-15H,16H2,1-2H3. The van der Waals surface area contributed by atoms with Gasteiger partial charge in [-0.05, 0) is 37.3 Å². The van der Waals surface area contributed by atoms with Crippen molar-refractivity contribution in [3.05, 3.63) is 95.6 Å². The van der Waals surface area contributed by atoms with E-state index in [4.69, 9.17) is 4.74 Å². The van der Waals surface area contributed by atoms with E-state index < -0.39 is 22.6 Å². The van der Waals surface area contributed by atoms with E-state index in [1.807, 2.05) is 6.92 Å². The number of ether oxygens (including phenoxy) is 1. The number of para-hydroxylation sites is 1. The maximum absolute atomic E-state index is 12.9. The predicted octanol–water partition coefficient (Wildman–Crippen LogP) is 3.86. The van der Waals surface area contributed by atoms with Gasteiger partial charge in [-0.2, -0.15) is 0 Å². The molecule has 0 radical (unpaired) electrons. The van der Waals surface area contributed by atoms with Crippen LogP contribution in [0.2, 0.25) is 0 Å². The molecule has 154 valence electrons. The van der Waals surface area contributed by atoms with Gasteiger partial charge in [0.25, 0.3) is 10.0 Å². The summed E-state index contributed by atoms with van der Waals surface area (Å²) in [6.07, 6.45) is 0. The molecule has 3 aromatic rings. The van der Waals surface area contributed by atoms with Gasteiger partial charge in [0, 0.05) is 12.6 Å². The van der Waals surface area contributed by atoms with Gasteiger partial charge in [-0.25, -0.2) is 13.2 Å². The van der Waals surface area contributed by atoms with Crippen LogP contribution in [0.3, 0.4) is 0 Å². The van der Waals surface area contributed by atoms with Gasteiger partial charge in [0.15, 0.2) is 12.4 Å². The molecule has 6 nitrogen and oxygen atoms in total. The first-order valence-corrected chi connectivity index (χ1v) is 10.6. The topological polar surface area (TPSA) is 80.8 Å². The van der Waals surface area contributed by atoms with Gasteiger partial charge in [-0.15, -0.1) is 0 Å². The van der Waals surface area contributed by atoms with E-state index in [2.05, 4.69) is 0 Å². The third-order valence-corrected chi connectivity index (χ3v) is 6.34. The van der Waals surface area contributed by atoms with E-state index >= 15 is 0 Å². The third kappa shape index (κ3) is 4.75. The molecule has 0 unspecified atom stereocenters. The number of rotatable bonds is 7. The van der Waals surface area contributed by atoms with Gasteiger partial charge in [0.1, 0.15) is 0 Å². The van der Waals surface area contributed by atoms with Gasteiger partial charge in [-0.1, -0.05) is 54.1 Å². The zero-order chi connectivity index (χ0) is 21.7. The highest BCUT2D eigenvalue weighted by Gasteiger charge is 2.23. The van der Waals surface area contributed by atoms with E-state index in [1.54, 1.807) is 54.6 Å². The zero-order valence-corrected chi connectivity index (χ0v) is 17.4. The SMILES string of the molecule is Cc1ccc(C(=O)COC(=O)c2cccc(S(=O)(=O)N(C)c3ccccc3)c2)cc1. The van der Waals surface area contributed by atoms with Gasteiger partial charge in [0.05, 0.1) is 16.1 Å². The lowest BCUT2D eigenvalue weighted by Crippen LogP contribution is -2.26. The molecule has 0 aliphatic carbocycles. The van der Waals surface area contributed by atoms with Crippen LogP contribution in [0.4, 0.5) is 5.69 Å². The lowest BCUT2D eigenvalue weighted by Gasteiger charge is -2.19. The van der Waals surface area contributed by atoms with Crippen molar-refractivity contribution in [2.24, 2.45) is 0 Å². The second-order valence-corrected chi connectivity index (χ2v) is 8.67. The molecule has 0 aromatic heterocycles. The molecule has 0 spiro atoms. The quantitative estimate of drug-likeness (QED) is 0.426. The Morgan fingerprint density at radius 3 is 2.20 bits per heavy atom. The van der Waals surface area contributed by atoms with Crippen LogP contribution in [0, 0.1) is 6.92 Å². The normalized spacial score (nSPS) is 11.0. The minimum atomic E-state index is -3.87. The minimum absolute atomic E-state index is 0.0480. The lowest BCUT2D eigenvalue weighted by atomic mass is 10.1. The molecule has 30 heavy (non-hydrogen) atoms. The number of nitrogens with zero attached hydrogens (tertiary/aromatic N) is 1. The number of Topliss-reactive ketones (excluding diaryl/α,β-unsaturated/α-hetero) is 1. The van der Waals surface area contributed by atoms with Crippen molar-refractivity contribution in [2.45, 2.75) is 11.8 Å². The molecule has 0 N–H and O–H groups in total. The molecular formula is C23H21NO5S. The molecule has 0 amide bonds. The maximum atomic E-state index is 12.9. The summed E-state index contributed by atoms with van der Waals surface area (Å²) in [7, 11) is -2.43. The van der Waals surface area contributed by atoms with Gasteiger partial charge in [0.2, 0.25) is 0 Å². The smallest absolute Gasteiger partial charge is 0.338 e. The number of anilines is 1.